The van der Waals surface area contributed by atoms with Gasteiger partial charge in [0.1, 0.15) is 6.79 Å². The van der Waals surface area contributed by atoms with E-state index in [1.807, 2.05) is 6.79 Å². The predicted octanol–water partition coefficient (Wildman–Crippen LogP) is 1.62. The molecule has 6 heteroatoms. The summed E-state index contributed by atoms with van der Waals surface area (Å²) in [5, 5.41) is 0. The van der Waals surface area contributed by atoms with Crippen LogP contribution in [0.25, 0.3) is 0 Å². The Labute approximate surface area is 126 Å². The molecule has 0 radical (unpaired) electrons. The summed E-state index contributed by atoms with van der Waals surface area (Å²) in [6.45, 7) is 8.74. The second kappa shape index (κ2) is 25.1. The van der Waals surface area contributed by atoms with E-state index in [1.54, 1.807) is 0 Å². The van der Waals surface area contributed by atoms with Crippen LogP contribution in [0.15, 0.2) is 49.6 Å². The number of allylic oxidation sites excluding steroid dienone is 4. The molecule has 0 atom stereocenters. The van der Waals surface area contributed by atoms with Crippen LogP contribution in [0.5, 0.6) is 0 Å². The molecular weight excluding hydrogens is 337 g/mol. The molecule has 0 fully saturated rings. The number of methoxy groups -OCH3 is 2. The third-order valence-corrected chi connectivity index (χ3v) is 1.14. The zero-order valence-corrected chi connectivity index (χ0v) is 12.7. The van der Waals surface area contributed by atoms with Crippen LogP contribution in [0.2, 0.25) is 0 Å². The van der Waals surface area contributed by atoms with Gasteiger partial charge in [-0.1, -0.05) is 37.5 Å². The molecule has 0 rings (SSSR count). The van der Waals surface area contributed by atoms with Gasteiger partial charge in [0.2, 0.25) is 0 Å². The van der Waals surface area contributed by atoms with E-state index in [0.717, 1.165) is 0 Å². The topological polar surface area (TPSA) is 69.7 Å². The van der Waals surface area contributed by atoms with Crippen molar-refractivity contribution in [2.75, 3.05) is 14.2 Å². The van der Waals surface area contributed by atoms with Gasteiger partial charge >= 0.3 is 11.9 Å². The van der Waals surface area contributed by atoms with Crippen molar-refractivity contribution in [3.05, 3.63) is 49.6 Å². The number of ether oxygens (including phenoxy) is 2. The van der Waals surface area contributed by atoms with Crippen LogP contribution in [0.3, 0.4) is 0 Å². The molecular formula is C13H18O5Ru. The Morgan fingerprint density at radius 2 is 1.11 bits per heavy atom. The molecule has 0 aromatic carbocycles. The Morgan fingerprint density at radius 1 is 0.842 bits per heavy atom. The Kier molecular flexibility index (Phi) is 34.3. The molecule has 108 valence electrons. The van der Waals surface area contributed by atoms with Gasteiger partial charge in [-0.05, 0) is 0 Å². The summed E-state index contributed by atoms with van der Waals surface area (Å²) in [6.07, 6.45) is 8.66. The molecule has 0 aromatic heterocycles. The predicted molar refractivity (Wildman–Crippen MR) is 69.8 cm³/mol. The number of hydrogen-bond donors (Lipinski definition) is 0. The van der Waals surface area contributed by atoms with Crippen LogP contribution >= 0.6 is 0 Å². The summed E-state index contributed by atoms with van der Waals surface area (Å²) in [5.74, 6) is -0.713. The van der Waals surface area contributed by atoms with Gasteiger partial charge in [0, 0.05) is 31.6 Å². The molecule has 19 heavy (non-hydrogen) atoms. The van der Waals surface area contributed by atoms with Gasteiger partial charge in [-0.25, -0.2) is 9.59 Å². The summed E-state index contributed by atoms with van der Waals surface area (Å²) < 4.78 is 8.56. The largest absolute Gasteiger partial charge is 0.466 e. The number of rotatable bonds is 4. The molecule has 0 aliphatic heterocycles. The van der Waals surface area contributed by atoms with Crippen LogP contribution in [0, 0.1) is 0 Å². The first-order valence-electron chi connectivity index (χ1n) is 4.65. The molecule has 0 N–H and O–H groups in total. The van der Waals surface area contributed by atoms with E-state index >= 15 is 0 Å². The number of esters is 2. The molecule has 0 aliphatic carbocycles. The Morgan fingerprint density at radius 3 is 1.26 bits per heavy atom. The second-order valence-electron chi connectivity index (χ2n) is 2.24. The third kappa shape index (κ3) is 31.4. The summed E-state index contributed by atoms with van der Waals surface area (Å²) in [4.78, 5) is 28.4. The minimum absolute atomic E-state index is 0. The third-order valence-electron chi connectivity index (χ3n) is 1.14. The normalized spacial score (nSPS) is 7.89. The fourth-order valence-electron chi connectivity index (χ4n) is 0.429. The van der Waals surface area contributed by atoms with E-state index < -0.39 is 0 Å². The SMILES string of the molecule is C=CC=CC(=O)OC.C=CC=CC(=O)OC.C=O.[Ru]. The molecule has 0 amide bonds. The zero-order chi connectivity index (χ0) is 14.8. The molecule has 0 spiro atoms. The zero-order valence-electron chi connectivity index (χ0n) is 11.0. The van der Waals surface area contributed by atoms with Crippen LogP contribution in [-0.4, -0.2) is 32.9 Å². The molecule has 0 aliphatic rings. The van der Waals surface area contributed by atoms with E-state index in [-0.39, 0.29) is 31.4 Å². The molecule has 0 unspecified atom stereocenters. The van der Waals surface area contributed by atoms with Gasteiger partial charge in [-0.2, -0.15) is 0 Å². The van der Waals surface area contributed by atoms with Gasteiger partial charge in [-0.15, -0.1) is 0 Å². The van der Waals surface area contributed by atoms with Gasteiger partial charge < -0.3 is 14.3 Å². The van der Waals surface area contributed by atoms with Crippen LogP contribution in [0.4, 0.5) is 0 Å². The molecule has 0 heterocycles. The fourth-order valence-corrected chi connectivity index (χ4v) is 0.429. The van der Waals surface area contributed by atoms with Crippen molar-refractivity contribution in [2.24, 2.45) is 0 Å². The first-order valence-corrected chi connectivity index (χ1v) is 4.65. The van der Waals surface area contributed by atoms with Crippen molar-refractivity contribution in [1.82, 2.24) is 0 Å². The quantitative estimate of drug-likeness (QED) is 0.332. The van der Waals surface area contributed by atoms with E-state index in [9.17, 15) is 9.59 Å². The summed E-state index contributed by atoms with van der Waals surface area (Å²) in [5.41, 5.74) is 0. The Hall–Kier alpha value is -1.81. The molecule has 0 saturated heterocycles. The summed E-state index contributed by atoms with van der Waals surface area (Å²) in [7, 11) is 2.66. The van der Waals surface area contributed by atoms with Gasteiger partial charge in [0.05, 0.1) is 14.2 Å². The van der Waals surface area contributed by atoms with Crippen molar-refractivity contribution in [3.63, 3.8) is 0 Å². The van der Waals surface area contributed by atoms with Gasteiger partial charge in [0.15, 0.2) is 0 Å². The molecule has 0 saturated carbocycles. The van der Waals surface area contributed by atoms with Crippen molar-refractivity contribution in [2.45, 2.75) is 0 Å². The van der Waals surface area contributed by atoms with Gasteiger partial charge in [0.25, 0.3) is 0 Å². The number of hydrogen-bond acceptors (Lipinski definition) is 5. The molecule has 0 aromatic rings. The molecule has 5 nitrogen and oxygen atoms in total. The second-order valence-corrected chi connectivity index (χ2v) is 2.24. The summed E-state index contributed by atoms with van der Waals surface area (Å²) in [6, 6.07) is 0. The van der Waals surface area contributed by atoms with E-state index in [4.69, 9.17) is 4.79 Å². The standard InChI is InChI=1S/2C6H8O2.CH2O.Ru/c2*1-3-4-5-6(7)8-2;1-2;/h2*3-5H,1H2,2H3;1H2;. The fraction of sp³-hybridized carbons (Fsp3) is 0.154. The monoisotopic (exact) mass is 356 g/mol. The Balaban J connectivity index is -0.0000000999. The number of carbonyl (C=O) groups excluding carboxylic acids is 3. The average Bonchev–Trinajstić information content (AvgIpc) is 2.44. The average molecular weight is 355 g/mol. The van der Waals surface area contributed by atoms with E-state index in [0.29, 0.717) is 0 Å². The van der Waals surface area contributed by atoms with E-state index in [2.05, 4.69) is 22.6 Å². The minimum atomic E-state index is -0.357. The first kappa shape index (κ1) is 25.9. The summed E-state index contributed by atoms with van der Waals surface area (Å²) >= 11 is 0. The maximum atomic E-state index is 10.2. The van der Waals surface area contributed by atoms with Crippen molar-refractivity contribution < 1.29 is 43.3 Å². The Bertz CT molecular complexity index is 278. The van der Waals surface area contributed by atoms with Gasteiger partial charge in [-0.3, -0.25) is 0 Å². The van der Waals surface area contributed by atoms with Crippen molar-refractivity contribution in [3.8, 4) is 0 Å². The van der Waals surface area contributed by atoms with Crippen molar-refractivity contribution in [1.29, 1.82) is 0 Å². The van der Waals surface area contributed by atoms with Crippen LogP contribution in [-0.2, 0) is 43.3 Å². The van der Waals surface area contributed by atoms with Crippen LogP contribution in [0.1, 0.15) is 0 Å². The maximum absolute atomic E-state index is 10.2. The molecule has 0 bridgehead atoms. The number of carbonyl (C=O) groups is 3. The maximum Gasteiger partial charge on any atom is 0.330 e. The van der Waals surface area contributed by atoms with E-state index in [1.165, 1.54) is 50.7 Å². The van der Waals surface area contributed by atoms with Crippen molar-refractivity contribution >= 4 is 18.7 Å². The first-order chi connectivity index (χ1) is 8.62. The van der Waals surface area contributed by atoms with Crippen LogP contribution < -0.4 is 0 Å². The smallest absolute Gasteiger partial charge is 0.330 e. The minimum Gasteiger partial charge on any atom is -0.466 e.